The Morgan fingerprint density at radius 3 is 0.740 bits per heavy atom. The molecule has 0 aliphatic rings. The van der Waals surface area contributed by atoms with E-state index in [1.54, 1.807) is 0 Å². The van der Waals surface area contributed by atoms with Crippen LogP contribution in [0.4, 0.5) is 0 Å². The fourth-order valence-electron chi connectivity index (χ4n) is 7.10. The van der Waals surface area contributed by atoms with Gasteiger partial charge in [-0.15, -0.1) is 0 Å². The number of esters is 2. The van der Waals surface area contributed by atoms with Gasteiger partial charge in [0.1, 0.15) is 0 Å². The zero-order valence-electron chi connectivity index (χ0n) is 34.5. The average Bonchev–Trinajstić information content (AvgIpc) is 3.11. The molecule has 4 nitrogen and oxygen atoms in total. The van der Waals surface area contributed by atoms with Gasteiger partial charge < -0.3 is 9.47 Å². The highest BCUT2D eigenvalue weighted by atomic mass is 16.7. The third-order valence-corrected chi connectivity index (χ3v) is 10.5. The summed E-state index contributed by atoms with van der Waals surface area (Å²) in [5, 5.41) is 0. The van der Waals surface area contributed by atoms with Crippen molar-refractivity contribution in [3.8, 4) is 0 Å². The molecule has 0 radical (unpaired) electrons. The molecule has 4 heteroatoms. The van der Waals surface area contributed by atoms with Crippen molar-refractivity contribution < 1.29 is 19.1 Å². The highest BCUT2D eigenvalue weighted by Gasteiger charge is 2.18. The number of unbranched alkanes of at least 4 members (excludes halogenated alkanes) is 34. The van der Waals surface area contributed by atoms with Crippen molar-refractivity contribution >= 4 is 11.9 Å². The van der Waals surface area contributed by atoms with Crippen LogP contribution < -0.4 is 0 Å². The van der Waals surface area contributed by atoms with Gasteiger partial charge in [0.15, 0.2) is 0 Å². The SMILES string of the molecule is CCCCCCCCCCCCCCCCCC(=O)OC(CCCCCCCCC)OC(=O)CCCCCCCCCCCCCCCCC. The lowest BCUT2D eigenvalue weighted by molar-refractivity contribution is -0.189. The maximum absolute atomic E-state index is 12.7. The molecular weight excluding hydrogens is 617 g/mol. The molecule has 0 saturated carbocycles. The first-order valence-corrected chi connectivity index (χ1v) is 23.0. The number of carbonyl (C=O) groups is 2. The summed E-state index contributed by atoms with van der Waals surface area (Å²) in [5.74, 6) is -0.403. The first-order valence-electron chi connectivity index (χ1n) is 23.0. The Bertz CT molecular complexity index is 629. The minimum absolute atomic E-state index is 0.201. The van der Waals surface area contributed by atoms with Crippen LogP contribution in [0.5, 0.6) is 0 Å². The lowest BCUT2D eigenvalue weighted by Crippen LogP contribution is -2.24. The smallest absolute Gasteiger partial charge is 0.308 e. The summed E-state index contributed by atoms with van der Waals surface area (Å²) in [4.78, 5) is 25.3. The van der Waals surface area contributed by atoms with E-state index < -0.39 is 6.29 Å². The van der Waals surface area contributed by atoms with Crippen molar-refractivity contribution in [1.29, 1.82) is 0 Å². The molecule has 0 saturated heterocycles. The first kappa shape index (κ1) is 48.9. The van der Waals surface area contributed by atoms with Gasteiger partial charge in [-0.1, -0.05) is 239 Å². The first-order chi connectivity index (χ1) is 24.6. The molecule has 50 heavy (non-hydrogen) atoms. The van der Waals surface area contributed by atoms with E-state index in [4.69, 9.17) is 9.47 Å². The van der Waals surface area contributed by atoms with Gasteiger partial charge in [0.05, 0.1) is 0 Å². The number of carbonyl (C=O) groups excluding carboxylic acids is 2. The van der Waals surface area contributed by atoms with Crippen molar-refractivity contribution in [3.63, 3.8) is 0 Å². The number of ether oxygens (including phenoxy) is 2. The van der Waals surface area contributed by atoms with Crippen LogP contribution in [0.2, 0.25) is 0 Å². The molecule has 0 N–H and O–H groups in total. The molecule has 0 bridgehead atoms. The second kappa shape index (κ2) is 42.4. The molecular formula is C46H90O4. The lowest BCUT2D eigenvalue weighted by Gasteiger charge is -2.18. The maximum Gasteiger partial charge on any atom is 0.308 e. The molecule has 0 fully saturated rings. The van der Waals surface area contributed by atoms with E-state index in [1.807, 2.05) is 0 Å². The summed E-state index contributed by atoms with van der Waals surface area (Å²) in [6, 6.07) is 0. The predicted molar refractivity (Wildman–Crippen MR) is 218 cm³/mol. The molecule has 0 heterocycles. The Labute approximate surface area is 314 Å². The molecule has 0 rings (SSSR count). The molecule has 0 aliphatic heterocycles. The van der Waals surface area contributed by atoms with Gasteiger partial charge in [0.25, 0.3) is 0 Å². The van der Waals surface area contributed by atoms with E-state index in [2.05, 4.69) is 20.8 Å². The summed E-state index contributed by atoms with van der Waals surface area (Å²) in [6.07, 6.45) is 48.5. The Balaban J connectivity index is 4.02. The quantitative estimate of drug-likeness (QED) is 0.0360. The van der Waals surface area contributed by atoms with Gasteiger partial charge in [-0.3, -0.25) is 9.59 Å². The maximum atomic E-state index is 12.7. The van der Waals surface area contributed by atoms with Gasteiger partial charge in [0.2, 0.25) is 6.29 Å². The van der Waals surface area contributed by atoms with Crippen molar-refractivity contribution in [2.24, 2.45) is 0 Å². The van der Waals surface area contributed by atoms with Crippen LogP contribution in [0.1, 0.15) is 278 Å². The van der Waals surface area contributed by atoms with E-state index >= 15 is 0 Å². The number of rotatable bonds is 42. The van der Waals surface area contributed by atoms with Crippen molar-refractivity contribution in [2.45, 2.75) is 284 Å². The van der Waals surface area contributed by atoms with Crippen LogP contribution in [-0.4, -0.2) is 18.2 Å². The Morgan fingerprint density at radius 1 is 0.300 bits per heavy atom. The van der Waals surface area contributed by atoms with Crippen LogP contribution in [0.3, 0.4) is 0 Å². The molecule has 0 unspecified atom stereocenters. The van der Waals surface area contributed by atoms with Crippen molar-refractivity contribution in [1.82, 2.24) is 0 Å². The Hall–Kier alpha value is -1.06. The molecule has 0 amide bonds. The fraction of sp³-hybridized carbons (Fsp3) is 0.957. The Kier molecular flexibility index (Phi) is 41.5. The summed E-state index contributed by atoms with van der Waals surface area (Å²) in [7, 11) is 0. The summed E-state index contributed by atoms with van der Waals surface area (Å²) >= 11 is 0. The third kappa shape index (κ3) is 39.7. The van der Waals surface area contributed by atoms with E-state index in [0.29, 0.717) is 19.3 Å². The molecule has 0 spiro atoms. The lowest BCUT2D eigenvalue weighted by atomic mass is 10.0. The zero-order valence-corrected chi connectivity index (χ0v) is 34.5. The van der Waals surface area contributed by atoms with Crippen LogP contribution >= 0.6 is 0 Å². The zero-order chi connectivity index (χ0) is 36.4. The molecule has 0 aromatic carbocycles. The standard InChI is InChI=1S/C46H90O4/c1-4-7-10-13-16-18-20-22-24-26-28-30-33-35-38-41-44(47)49-46(43-40-37-32-15-12-9-6-3)50-45(48)42-39-36-34-31-29-27-25-23-21-19-17-14-11-8-5-2/h46H,4-43H2,1-3H3. The third-order valence-electron chi connectivity index (χ3n) is 10.5. The molecule has 0 aliphatic carbocycles. The van der Waals surface area contributed by atoms with Gasteiger partial charge in [-0.25, -0.2) is 0 Å². The minimum atomic E-state index is -0.710. The second-order valence-corrected chi connectivity index (χ2v) is 15.7. The minimum Gasteiger partial charge on any atom is -0.425 e. The average molecular weight is 707 g/mol. The van der Waals surface area contributed by atoms with Crippen LogP contribution in [0, 0.1) is 0 Å². The summed E-state index contributed by atoms with van der Waals surface area (Å²) in [6.45, 7) is 6.81. The number of hydrogen-bond acceptors (Lipinski definition) is 4. The monoisotopic (exact) mass is 707 g/mol. The molecule has 0 aromatic rings. The summed E-state index contributed by atoms with van der Waals surface area (Å²) < 4.78 is 11.5. The predicted octanol–water partition coefficient (Wildman–Crippen LogP) is 16.1. The molecule has 298 valence electrons. The van der Waals surface area contributed by atoms with E-state index in [1.165, 1.54) is 199 Å². The largest absolute Gasteiger partial charge is 0.425 e. The van der Waals surface area contributed by atoms with Gasteiger partial charge in [-0.05, 0) is 19.3 Å². The second-order valence-electron chi connectivity index (χ2n) is 15.7. The molecule has 0 aromatic heterocycles. The van der Waals surface area contributed by atoms with Crippen LogP contribution in [-0.2, 0) is 19.1 Å². The Morgan fingerprint density at radius 2 is 0.500 bits per heavy atom. The summed E-state index contributed by atoms with van der Waals surface area (Å²) in [5.41, 5.74) is 0. The van der Waals surface area contributed by atoms with E-state index in [0.717, 1.165) is 38.5 Å². The van der Waals surface area contributed by atoms with E-state index in [9.17, 15) is 9.59 Å². The van der Waals surface area contributed by atoms with Gasteiger partial charge >= 0.3 is 11.9 Å². The molecule has 0 atom stereocenters. The van der Waals surface area contributed by atoms with Crippen LogP contribution in [0.25, 0.3) is 0 Å². The van der Waals surface area contributed by atoms with Gasteiger partial charge in [0, 0.05) is 19.3 Å². The van der Waals surface area contributed by atoms with E-state index in [-0.39, 0.29) is 11.9 Å². The van der Waals surface area contributed by atoms with Gasteiger partial charge in [-0.2, -0.15) is 0 Å². The van der Waals surface area contributed by atoms with Crippen molar-refractivity contribution in [3.05, 3.63) is 0 Å². The fourth-order valence-corrected chi connectivity index (χ4v) is 7.10. The topological polar surface area (TPSA) is 52.6 Å². The number of hydrogen-bond donors (Lipinski definition) is 0. The normalized spacial score (nSPS) is 11.4. The van der Waals surface area contributed by atoms with Crippen LogP contribution in [0.15, 0.2) is 0 Å². The highest BCUT2D eigenvalue weighted by molar-refractivity contribution is 5.71. The van der Waals surface area contributed by atoms with Crippen molar-refractivity contribution in [2.75, 3.05) is 0 Å². The highest BCUT2D eigenvalue weighted by Crippen LogP contribution is 2.18.